The first-order valence-corrected chi connectivity index (χ1v) is 7.67. The fourth-order valence-corrected chi connectivity index (χ4v) is 2.84. The topological polar surface area (TPSA) is 50.3 Å². The molecule has 6 heteroatoms. The minimum atomic E-state index is 0.0595. The van der Waals surface area contributed by atoms with E-state index in [0.717, 1.165) is 29.2 Å². The van der Waals surface area contributed by atoms with Crippen molar-refractivity contribution in [2.75, 3.05) is 37.0 Å². The maximum absolute atomic E-state index is 5.91. The number of nitrogens with one attached hydrogen (secondary N) is 1. The molecular weight excluding hydrogens is 332 g/mol. The Morgan fingerprint density at radius 2 is 2.24 bits per heavy atom. The number of nitrogens with zero attached hydrogens (tertiary/aromatic N) is 3. The lowest BCUT2D eigenvalue weighted by Crippen LogP contribution is -2.38. The Labute approximate surface area is 132 Å². The standard InChI is InChI=1S/C15H17BrN4O/c1-17-14-8-15(19-10-18-14)20-5-6-21-13(9-20)11-3-2-4-12(16)7-11/h2-4,7-8,10,13H,5-6,9H2,1H3,(H,17,18,19). The van der Waals surface area contributed by atoms with Crippen LogP contribution in [0.1, 0.15) is 11.7 Å². The van der Waals surface area contributed by atoms with Crippen LogP contribution in [-0.4, -0.2) is 36.7 Å². The number of ether oxygens (including phenoxy) is 1. The summed E-state index contributed by atoms with van der Waals surface area (Å²) >= 11 is 3.51. The molecule has 0 amide bonds. The van der Waals surface area contributed by atoms with E-state index in [1.54, 1.807) is 6.33 Å². The van der Waals surface area contributed by atoms with E-state index in [4.69, 9.17) is 4.74 Å². The molecule has 1 aliphatic rings. The van der Waals surface area contributed by atoms with Gasteiger partial charge in [-0.2, -0.15) is 0 Å². The number of anilines is 2. The second kappa shape index (κ2) is 6.41. The monoisotopic (exact) mass is 348 g/mol. The number of hydrogen-bond acceptors (Lipinski definition) is 5. The summed E-state index contributed by atoms with van der Waals surface area (Å²) in [7, 11) is 1.86. The maximum Gasteiger partial charge on any atom is 0.134 e. The zero-order chi connectivity index (χ0) is 14.7. The average Bonchev–Trinajstić information content (AvgIpc) is 2.55. The third kappa shape index (κ3) is 3.33. The van der Waals surface area contributed by atoms with Crippen LogP contribution in [0.4, 0.5) is 11.6 Å². The van der Waals surface area contributed by atoms with Crippen molar-refractivity contribution < 1.29 is 4.74 Å². The van der Waals surface area contributed by atoms with E-state index in [9.17, 15) is 0 Å². The molecule has 1 unspecified atom stereocenters. The van der Waals surface area contributed by atoms with Gasteiger partial charge >= 0.3 is 0 Å². The quantitative estimate of drug-likeness (QED) is 0.924. The minimum absolute atomic E-state index is 0.0595. The van der Waals surface area contributed by atoms with Crippen molar-refractivity contribution >= 4 is 27.6 Å². The molecule has 2 aromatic rings. The largest absolute Gasteiger partial charge is 0.373 e. The Morgan fingerprint density at radius 1 is 1.33 bits per heavy atom. The van der Waals surface area contributed by atoms with Gasteiger partial charge in [0.2, 0.25) is 0 Å². The van der Waals surface area contributed by atoms with Crippen LogP contribution in [-0.2, 0) is 4.74 Å². The number of aromatic nitrogens is 2. The minimum Gasteiger partial charge on any atom is -0.373 e. The second-order valence-electron chi connectivity index (χ2n) is 4.87. The van der Waals surface area contributed by atoms with Crippen LogP contribution in [0.25, 0.3) is 0 Å². The van der Waals surface area contributed by atoms with Crippen molar-refractivity contribution in [3.63, 3.8) is 0 Å². The van der Waals surface area contributed by atoms with E-state index in [1.807, 2.05) is 25.2 Å². The van der Waals surface area contributed by atoms with E-state index < -0.39 is 0 Å². The molecule has 1 aromatic heterocycles. The van der Waals surface area contributed by atoms with Crippen molar-refractivity contribution in [2.45, 2.75) is 6.10 Å². The molecule has 5 nitrogen and oxygen atoms in total. The molecule has 21 heavy (non-hydrogen) atoms. The average molecular weight is 349 g/mol. The molecule has 3 rings (SSSR count). The molecular formula is C15H17BrN4O. The third-order valence-electron chi connectivity index (χ3n) is 3.52. The van der Waals surface area contributed by atoms with Gasteiger partial charge in [0, 0.05) is 30.7 Å². The Bertz CT molecular complexity index is 622. The van der Waals surface area contributed by atoms with Gasteiger partial charge in [0.1, 0.15) is 24.1 Å². The summed E-state index contributed by atoms with van der Waals surface area (Å²) in [5.74, 6) is 1.75. The molecule has 1 saturated heterocycles. The van der Waals surface area contributed by atoms with Crippen LogP contribution in [0.15, 0.2) is 41.1 Å². The van der Waals surface area contributed by atoms with Crippen LogP contribution in [0.5, 0.6) is 0 Å². The predicted molar refractivity (Wildman–Crippen MR) is 86.6 cm³/mol. The van der Waals surface area contributed by atoms with Gasteiger partial charge < -0.3 is 15.0 Å². The van der Waals surface area contributed by atoms with Gasteiger partial charge in [-0.05, 0) is 17.7 Å². The van der Waals surface area contributed by atoms with E-state index >= 15 is 0 Å². The van der Waals surface area contributed by atoms with Gasteiger partial charge in [-0.25, -0.2) is 9.97 Å². The first-order chi connectivity index (χ1) is 10.3. The summed E-state index contributed by atoms with van der Waals surface area (Å²) in [4.78, 5) is 10.8. The van der Waals surface area contributed by atoms with E-state index in [-0.39, 0.29) is 6.10 Å². The van der Waals surface area contributed by atoms with Crippen molar-refractivity contribution in [1.82, 2.24) is 9.97 Å². The first kappa shape index (κ1) is 14.3. The third-order valence-corrected chi connectivity index (χ3v) is 4.01. The molecule has 0 aliphatic carbocycles. The molecule has 1 atom stereocenters. The predicted octanol–water partition coefficient (Wildman–Crippen LogP) is 2.86. The number of halogens is 1. The highest BCUT2D eigenvalue weighted by atomic mass is 79.9. The van der Waals surface area contributed by atoms with Crippen molar-refractivity contribution in [3.05, 3.63) is 46.7 Å². The number of morpholine rings is 1. The molecule has 1 aromatic carbocycles. The van der Waals surface area contributed by atoms with Crippen LogP contribution in [0.3, 0.4) is 0 Å². The zero-order valence-corrected chi connectivity index (χ0v) is 13.4. The van der Waals surface area contributed by atoms with Crippen molar-refractivity contribution in [2.24, 2.45) is 0 Å². The van der Waals surface area contributed by atoms with Gasteiger partial charge in [0.05, 0.1) is 6.61 Å². The van der Waals surface area contributed by atoms with Gasteiger partial charge in [0.15, 0.2) is 0 Å². The Hall–Kier alpha value is -1.66. The first-order valence-electron chi connectivity index (χ1n) is 6.88. The normalized spacial score (nSPS) is 18.6. The maximum atomic E-state index is 5.91. The van der Waals surface area contributed by atoms with E-state index in [2.05, 4.69) is 48.2 Å². The van der Waals surface area contributed by atoms with Gasteiger partial charge in [-0.15, -0.1) is 0 Å². The van der Waals surface area contributed by atoms with Gasteiger partial charge in [-0.3, -0.25) is 0 Å². The van der Waals surface area contributed by atoms with Crippen LogP contribution in [0.2, 0.25) is 0 Å². The molecule has 0 spiro atoms. The molecule has 2 heterocycles. The summed E-state index contributed by atoms with van der Waals surface area (Å²) in [5.41, 5.74) is 1.18. The van der Waals surface area contributed by atoms with Crippen LogP contribution in [0, 0.1) is 0 Å². The van der Waals surface area contributed by atoms with Crippen LogP contribution < -0.4 is 10.2 Å². The Balaban J connectivity index is 1.79. The summed E-state index contributed by atoms with van der Waals surface area (Å²) in [5, 5.41) is 3.04. The highest BCUT2D eigenvalue weighted by Gasteiger charge is 2.23. The Kier molecular flexibility index (Phi) is 4.36. The lowest BCUT2D eigenvalue weighted by atomic mass is 10.1. The highest BCUT2D eigenvalue weighted by Crippen LogP contribution is 2.27. The lowest BCUT2D eigenvalue weighted by molar-refractivity contribution is 0.0395. The fraction of sp³-hybridized carbons (Fsp3) is 0.333. The number of hydrogen-bond donors (Lipinski definition) is 1. The van der Waals surface area contributed by atoms with Gasteiger partial charge in [0.25, 0.3) is 0 Å². The second-order valence-corrected chi connectivity index (χ2v) is 5.79. The summed E-state index contributed by atoms with van der Waals surface area (Å²) < 4.78 is 6.98. The van der Waals surface area contributed by atoms with Crippen LogP contribution >= 0.6 is 15.9 Å². The SMILES string of the molecule is CNc1cc(N2CCOC(c3cccc(Br)c3)C2)ncn1. The Morgan fingerprint density at radius 3 is 3.05 bits per heavy atom. The summed E-state index contributed by atoms with van der Waals surface area (Å²) in [6.07, 6.45) is 1.65. The number of rotatable bonds is 3. The summed E-state index contributed by atoms with van der Waals surface area (Å²) in [6, 6.07) is 10.2. The van der Waals surface area contributed by atoms with E-state index in [0.29, 0.717) is 6.61 Å². The fourth-order valence-electron chi connectivity index (χ4n) is 2.42. The molecule has 0 radical (unpaired) electrons. The summed E-state index contributed by atoms with van der Waals surface area (Å²) in [6.45, 7) is 2.32. The molecule has 0 bridgehead atoms. The number of benzene rings is 1. The van der Waals surface area contributed by atoms with Crippen molar-refractivity contribution in [1.29, 1.82) is 0 Å². The smallest absolute Gasteiger partial charge is 0.134 e. The molecule has 0 saturated carbocycles. The molecule has 110 valence electrons. The molecule has 1 fully saturated rings. The highest BCUT2D eigenvalue weighted by molar-refractivity contribution is 9.10. The molecule has 1 N–H and O–H groups in total. The zero-order valence-electron chi connectivity index (χ0n) is 11.8. The van der Waals surface area contributed by atoms with Gasteiger partial charge in [-0.1, -0.05) is 28.1 Å². The van der Waals surface area contributed by atoms with Crippen molar-refractivity contribution in [3.8, 4) is 0 Å². The van der Waals surface area contributed by atoms with E-state index in [1.165, 1.54) is 5.56 Å². The molecule has 1 aliphatic heterocycles. The lowest BCUT2D eigenvalue weighted by Gasteiger charge is -2.34.